The summed E-state index contributed by atoms with van der Waals surface area (Å²) in [6.07, 6.45) is 0.691. The fourth-order valence-electron chi connectivity index (χ4n) is 2.50. The van der Waals surface area contributed by atoms with Crippen molar-refractivity contribution in [3.8, 4) is 5.88 Å². The molecule has 2 heterocycles. The monoisotopic (exact) mass is 295 g/mol. The van der Waals surface area contributed by atoms with Gasteiger partial charge in [-0.2, -0.15) is 4.98 Å². The zero-order valence-corrected chi connectivity index (χ0v) is 13.0. The average molecular weight is 295 g/mol. The van der Waals surface area contributed by atoms with Crippen molar-refractivity contribution in [3.63, 3.8) is 0 Å². The van der Waals surface area contributed by atoms with Crippen LogP contribution in [0.5, 0.6) is 5.88 Å². The van der Waals surface area contributed by atoms with Crippen LogP contribution in [-0.4, -0.2) is 48.1 Å². The van der Waals surface area contributed by atoms with Crippen molar-refractivity contribution in [1.29, 1.82) is 0 Å². The van der Waals surface area contributed by atoms with E-state index in [0.717, 1.165) is 12.2 Å². The number of rotatable bonds is 5. The molecule has 1 aromatic heterocycles. The number of morpholine rings is 1. The zero-order valence-electron chi connectivity index (χ0n) is 13.0. The van der Waals surface area contributed by atoms with Crippen LogP contribution >= 0.6 is 0 Å². The van der Waals surface area contributed by atoms with Gasteiger partial charge >= 0.3 is 0 Å². The van der Waals surface area contributed by atoms with Crippen molar-refractivity contribution < 1.29 is 14.6 Å². The van der Waals surface area contributed by atoms with E-state index < -0.39 is 0 Å². The minimum atomic E-state index is -0.334. The van der Waals surface area contributed by atoms with Gasteiger partial charge in [-0.1, -0.05) is 6.92 Å². The topological polar surface area (TPSA) is 80.8 Å². The Morgan fingerprint density at radius 1 is 1.52 bits per heavy atom. The Balaban J connectivity index is 2.20. The highest BCUT2D eigenvalue weighted by Crippen LogP contribution is 2.28. The third-order valence-electron chi connectivity index (χ3n) is 3.33. The number of aromatic nitrogens is 1. The summed E-state index contributed by atoms with van der Waals surface area (Å²) in [5, 5.41) is 9.39. The molecule has 0 aliphatic carbocycles. The van der Waals surface area contributed by atoms with Gasteiger partial charge in [-0.25, -0.2) is 0 Å². The number of ether oxygens (including phenoxy) is 2. The van der Waals surface area contributed by atoms with Crippen LogP contribution in [0.1, 0.15) is 27.2 Å². The van der Waals surface area contributed by atoms with Crippen molar-refractivity contribution in [2.45, 2.75) is 38.9 Å². The van der Waals surface area contributed by atoms with Gasteiger partial charge in [0.2, 0.25) is 5.88 Å². The first kappa shape index (κ1) is 15.9. The Morgan fingerprint density at radius 3 is 2.95 bits per heavy atom. The first-order chi connectivity index (χ1) is 9.95. The maximum atomic E-state index is 9.39. The van der Waals surface area contributed by atoms with Crippen molar-refractivity contribution in [2.75, 3.05) is 36.9 Å². The Kier molecular flexibility index (Phi) is 4.90. The molecule has 1 fully saturated rings. The van der Waals surface area contributed by atoms with Gasteiger partial charge < -0.3 is 25.2 Å². The summed E-state index contributed by atoms with van der Waals surface area (Å²) < 4.78 is 11.4. The lowest BCUT2D eigenvalue weighted by atomic mass is 10.1. The number of nitrogens with zero attached hydrogens (tertiary/aromatic N) is 2. The average Bonchev–Trinajstić information content (AvgIpc) is 2.44. The van der Waals surface area contributed by atoms with E-state index in [1.165, 1.54) is 0 Å². The molecule has 0 aromatic carbocycles. The predicted molar refractivity (Wildman–Crippen MR) is 82.7 cm³/mol. The predicted octanol–water partition coefficient (Wildman–Crippen LogP) is 1.43. The minimum Gasteiger partial charge on any atom is -0.476 e. The molecular weight excluding hydrogens is 270 g/mol. The number of pyridine rings is 1. The molecule has 1 aliphatic rings. The lowest BCUT2D eigenvalue weighted by Crippen LogP contribution is -2.54. The van der Waals surface area contributed by atoms with Gasteiger partial charge in [0.25, 0.3) is 0 Å². The van der Waals surface area contributed by atoms with Crippen LogP contribution in [0.3, 0.4) is 0 Å². The van der Waals surface area contributed by atoms with Crippen molar-refractivity contribution in [2.24, 2.45) is 0 Å². The van der Waals surface area contributed by atoms with Crippen LogP contribution < -0.4 is 15.4 Å². The molecule has 1 aliphatic heterocycles. The van der Waals surface area contributed by atoms with Gasteiger partial charge in [-0.3, -0.25) is 0 Å². The summed E-state index contributed by atoms with van der Waals surface area (Å²) >= 11 is 0. The largest absolute Gasteiger partial charge is 0.476 e. The lowest BCUT2D eigenvalue weighted by molar-refractivity contribution is -0.101. The first-order valence-corrected chi connectivity index (χ1v) is 7.38. The van der Waals surface area contributed by atoms with E-state index in [0.29, 0.717) is 31.3 Å². The molecule has 0 spiro atoms. The smallest absolute Gasteiger partial charge is 0.239 e. The van der Waals surface area contributed by atoms with Gasteiger partial charge in [0.05, 0.1) is 30.6 Å². The zero-order chi connectivity index (χ0) is 15.5. The molecular formula is C15H25N3O3. The number of nitrogen functional groups attached to an aromatic ring is 1. The highest BCUT2D eigenvalue weighted by Gasteiger charge is 2.33. The Bertz CT molecular complexity index is 479. The second kappa shape index (κ2) is 6.49. The van der Waals surface area contributed by atoms with E-state index in [-0.39, 0.29) is 18.3 Å². The maximum Gasteiger partial charge on any atom is 0.239 e. The summed E-state index contributed by atoms with van der Waals surface area (Å²) in [5.74, 6) is 1.27. The Labute approximate surface area is 125 Å². The van der Waals surface area contributed by atoms with Crippen molar-refractivity contribution in [1.82, 2.24) is 4.98 Å². The van der Waals surface area contributed by atoms with Gasteiger partial charge in [-0.15, -0.1) is 0 Å². The van der Waals surface area contributed by atoms with E-state index in [1.54, 1.807) is 0 Å². The summed E-state index contributed by atoms with van der Waals surface area (Å²) in [5.41, 5.74) is 6.10. The third kappa shape index (κ3) is 3.98. The molecule has 1 saturated heterocycles. The number of hydrogen-bond donors (Lipinski definition) is 2. The van der Waals surface area contributed by atoms with Crippen molar-refractivity contribution >= 4 is 11.5 Å². The highest BCUT2D eigenvalue weighted by atomic mass is 16.5. The maximum absolute atomic E-state index is 9.39. The molecule has 21 heavy (non-hydrogen) atoms. The van der Waals surface area contributed by atoms with Gasteiger partial charge in [0, 0.05) is 13.1 Å². The van der Waals surface area contributed by atoms with Gasteiger partial charge in [-0.05, 0) is 32.4 Å². The highest BCUT2D eigenvalue weighted by molar-refractivity contribution is 5.55. The fourth-order valence-corrected chi connectivity index (χ4v) is 2.50. The van der Waals surface area contributed by atoms with Crippen LogP contribution in [0.15, 0.2) is 12.1 Å². The molecule has 0 saturated carbocycles. The molecule has 0 radical (unpaired) electrons. The molecule has 6 heteroatoms. The number of aliphatic hydroxyl groups is 1. The number of aliphatic hydroxyl groups excluding tert-OH is 1. The molecule has 118 valence electrons. The van der Waals surface area contributed by atoms with Gasteiger partial charge in [0.1, 0.15) is 5.82 Å². The summed E-state index contributed by atoms with van der Waals surface area (Å²) in [6, 6.07) is 3.69. The minimum absolute atomic E-state index is 0.00586. The SMILES string of the molecule is CCCOc1nc(N2CC(CO)OC(C)(C)C2)ccc1N. The van der Waals surface area contributed by atoms with Crippen LogP contribution in [0.25, 0.3) is 0 Å². The first-order valence-electron chi connectivity index (χ1n) is 7.38. The molecule has 3 N–H and O–H groups in total. The summed E-state index contributed by atoms with van der Waals surface area (Å²) in [4.78, 5) is 6.61. The van der Waals surface area contributed by atoms with Crippen molar-refractivity contribution in [3.05, 3.63) is 12.1 Å². The quantitative estimate of drug-likeness (QED) is 0.855. The number of hydrogen-bond acceptors (Lipinski definition) is 6. The Hall–Kier alpha value is -1.53. The fraction of sp³-hybridized carbons (Fsp3) is 0.667. The second-order valence-electron chi connectivity index (χ2n) is 5.97. The van der Waals surface area contributed by atoms with E-state index >= 15 is 0 Å². The summed E-state index contributed by atoms with van der Waals surface area (Å²) in [6.45, 7) is 7.94. The molecule has 0 amide bonds. The van der Waals surface area contributed by atoms with Crippen LogP contribution in [-0.2, 0) is 4.74 Å². The van der Waals surface area contributed by atoms with Crippen LogP contribution in [0.2, 0.25) is 0 Å². The molecule has 1 unspecified atom stereocenters. The standard InChI is InChI=1S/C15H25N3O3/c1-4-7-20-14-12(16)5-6-13(17-14)18-8-11(9-19)21-15(2,3)10-18/h5-6,11,19H,4,7-10,16H2,1-3H3. The Morgan fingerprint density at radius 2 is 2.29 bits per heavy atom. The normalized spacial score (nSPS) is 21.3. The molecule has 6 nitrogen and oxygen atoms in total. The van der Waals surface area contributed by atoms with E-state index in [1.807, 2.05) is 32.9 Å². The molecule has 2 rings (SSSR count). The van der Waals surface area contributed by atoms with E-state index in [4.69, 9.17) is 15.2 Å². The molecule has 0 bridgehead atoms. The second-order valence-corrected chi connectivity index (χ2v) is 5.97. The van der Waals surface area contributed by atoms with Crippen LogP contribution in [0.4, 0.5) is 11.5 Å². The number of nitrogens with two attached hydrogens (primary N) is 1. The van der Waals surface area contributed by atoms with E-state index in [9.17, 15) is 5.11 Å². The molecule has 1 atom stereocenters. The van der Waals surface area contributed by atoms with Crippen LogP contribution in [0, 0.1) is 0 Å². The van der Waals surface area contributed by atoms with E-state index in [2.05, 4.69) is 9.88 Å². The lowest BCUT2D eigenvalue weighted by Gasteiger charge is -2.42. The molecule has 1 aromatic rings. The number of anilines is 2. The third-order valence-corrected chi connectivity index (χ3v) is 3.33. The van der Waals surface area contributed by atoms with Gasteiger partial charge in [0.15, 0.2) is 0 Å². The summed E-state index contributed by atoms with van der Waals surface area (Å²) in [7, 11) is 0.